The Morgan fingerprint density at radius 3 is 1.94 bits per heavy atom. The summed E-state index contributed by atoms with van der Waals surface area (Å²) in [6, 6.07) is 40.5. The number of ether oxygens (including phenoxy) is 1. The minimum atomic E-state index is -0.653. The van der Waals surface area contributed by atoms with E-state index in [2.05, 4.69) is 121 Å². The largest absolute Gasteiger partial charge is 0.473 e. The fourth-order valence-corrected chi connectivity index (χ4v) is 7.42. The molecule has 0 radical (unpaired) electrons. The smallest absolute Gasteiger partial charge is 0.178 e. The first-order valence-corrected chi connectivity index (χ1v) is 13.6. The highest BCUT2D eigenvalue weighted by atomic mass is 32.2. The van der Waals surface area contributed by atoms with Crippen molar-refractivity contribution in [2.75, 3.05) is 0 Å². The quantitative estimate of drug-likeness (QED) is 0.245. The van der Waals surface area contributed by atoms with E-state index in [0.717, 1.165) is 22.4 Å². The fraction of sp³-hybridized carbons (Fsp3) is 0.0303. The molecule has 172 valence electrons. The fourth-order valence-electron chi connectivity index (χ4n) is 5.01. The van der Waals surface area contributed by atoms with Crippen LogP contribution in [0, 0.1) is 0 Å². The number of hydrogen-bond acceptors (Lipinski definition) is 3. The number of benzene rings is 5. The van der Waals surface area contributed by atoms with Gasteiger partial charge in [-0.05, 0) is 58.8 Å². The van der Waals surface area contributed by atoms with E-state index >= 15 is 0 Å². The van der Waals surface area contributed by atoms with Crippen LogP contribution < -0.4 is 4.74 Å². The summed E-state index contributed by atoms with van der Waals surface area (Å²) in [6.07, 6.45) is 6.73. The zero-order chi connectivity index (χ0) is 24.0. The van der Waals surface area contributed by atoms with Crippen molar-refractivity contribution in [2.45, 2.75) is 15.4 Å². The number of thioether (sulfide) groups is 2. The number of fused-ring (bicyclic) bond motifs is 4. The topological polar surface area (TPSA) is 9.23 Å². The Morgan fingerprint density at radius 1 is 0.639 bits per heavy atom. The van der Waals surface area contributed by atoms with E-state index in [9.17, 15) is 0 Å². The zero-order valence-electron chi connectivity index (χ0n) is 19.4. The molecular weight excluding hydrogens is 476 g/mol. The second-order valence-electron chi connectivity index (χ2n) is 8.98. The predicted molar refractivity (Wildman–Crippen MR) is 153 cm³/mol. The highest BCUT2D eigenvalue weighted by Crippen LogP contribution is 2.51. The Balaban J connectivity index is 1.27. The molecule has 36 heavy (non-hydrogen) atoms. The van der Waals surface area contributed by atoms with Crippen molar-refractivity contribution in [1.29, 1.82) is 0 Å². The Kier molecular flexibility index (Phi) is 5.27. The van der Waals surface area contributed by atoms with Gasteiger partial charge in [-0.25, -0.2) is 0 Å². The van der Waals surface area contributed by atoms with Crippen LogP contribution in [0.5, 0.6) is 5.75 Å². The lowest BCUT2D eigenvalue weighted by Crippen LogP contribution is -2.34. The van der Waals surface area contributed by atoms with Crippen molar-refractivity contribution >= 4 is 46.4 Å². The van der Waals surface area contributed by atoms with E-state index < -0.39 is 5.60 Å². The van der Waals surface area contributed by atoms with Gasteiger partial charge < -0.3 is 4.74 Å². The van der Waals surface area contributed by atoms with E-state index in [1.807, 2.05) is 35.7 Å². The summed E-state index contributed by atoms with van der Waals surface area (Å²) >= 11 is 3.70. The second kappa shape index (κ2) is 8.77. The van der Waals surface area contributed by atoms with Crippen molar-refractivity contribution in [2.24, 2.45) is 0 Å². The lowest BCUT2D eigenvalue weighted by molar-refractivity contribution is 0.161. The molecule has 5 aromatic rings. The van der Waals surface area contributed by atoms with Gasteiger partial charge in [0.05, 0.1) is 4.24 Å². The van der Waals surface area contributed by atoms with Gasteiger partial charge in [0.1, 0.15) is 5.75 Å². The van der Waals surface area contributed by atoms with Crippen LogP contribution in [0.15, 0.2) is 135 Å². The summed E-state index contributed by atoms with van der Waals surface area (Å²) < 4.78 is 8.18. The normalized spacial score (nSPS) is 15.3. The lowest BCUT2D eigenvalue weighted by Gasteiger charge is -2.36. The van der Waals surface area contributed by atoms with E-state index in [-0.39, 0.29) is 0 Å². The maximum Gasteiger partial charge on any atom is 0.178 e. The molecule has 0 bridgehead atoms. The standard InChI is InChI=1S/C33H22OS2/c1-3-9-25(10-4-1)33(26-11-5-2-6-12-26)20-19-28-27-17-15-23(21-24(27)16-18-29(28)34-33)22-32-35-30-13-7-8-14-31(30)36-32/h1-22H. The third kappa shape index (κ3) is 3.67. The van der Waals surface area contributed by atoms with Gasteiger partial charge >= 0.3 is 0 Å². The molecule has 2 aliphatic rings. The van der Waals surface area contributed by atoms with Crippen LogP contribution in [-0.4, -0.2) is 0 Å². The summed E-state index contributed by atoms with van der Waals surface area (Å²) in [5, 5.41) is 2.42. The summed E-state index contributed by atoms with van der Waals surface area (Å²) in [6.45, 7) is 0. The molecule has 7 rings (SSSR count). The Morgan fingerprint density at radius 2 is 1.28 bits per heavy atom. The van der Waals surface area contributed by atoms with Crippen LogP contribution in [0.25, 0.3) is 22.9 Å². The van der Waals surface area contributed by atoms with Gasteiger partial charge in [0.25, 0.3) is 0 Å². The third-order valence-corrected chi connectivity index (χ3v) is 9.18. The van der Waals surface area contributed by atoms with Crippen LogP contribution in [0.1, 0.15) is 22.3 Å². The van der Waals surface area contributed by atoms with E-state index in [1.54, 1.807) is 0 Å². The summed E-state index contributed by atoms with van der Waals surface area (Å²) in [5.41, 5.74) is 3.93. The van der Waals surface area contributed by atoms with Crippen molar-refractivity contribution in [3.8, 4) is 5.75 Å². The van der Waals surface area contributed by atoms with E-state index in [4.69, 9.17) is 4.74 Å². The molecule has 0 N–H and O–H groups in total. The van der Waals surface area contributed by atoms with Gasteiger partial charge in [-0.2, -0.15) is 0 Å². The van der Waals surface area contributed by atoms with Gasteiger partial charge in [0.15, 0.2) is 5.60 Å². The van der Waals surface area contributed by atoms with Crippen molar-refractivity contribution < 1.29 is 4.74 Å². The van der Waals surface area contributed by atoms with E-state index in [1.165, 1.54) is 30.4 Å². The molecular formula is C33H22OS2. The molecule has 3 heteroatoms. The first-order chi connectivity index (χ1) is 17.8. The van der Waals surface area contributed by atoms with Crippen LogP contribution in [0.4, 0.5) is 0 Å². The van der Waals surface area contributed by atoms with Crippen molar-refractivity contribution in [3.05, 3.63) is 148 Å². The molecule has 0 fully saturated rings. The minimum Gasteiger partial charge on any atom is -0.473 e. The predicted octanol–water partition coefficient (Wildman–Crippen LogP) is 9.39. The number of hydrogen-bond donors (Lipinski definition) is 0. The zero-order valence-corrected chi connectivity index (χ0v) is 21.1. The molecule has 2 heterocycles. The third-order valence-electron chi connectivity index (χ3n) is 6.76. The maximum absolute atomic E-state index is 6.87. The maximum atomic E-state index is 6.87. The van der Waals surface area contributed by atoms with Crippen LogP contribution in [-0.2, 0) is 5.60 Å². The SMILES string of the molecule is C1=CC(c2ccccc2)(c2ccccc2)Oc2ccc3cc(C=C4Sc5ccccc5S4)ccc3c21. The van der Waals surface area contributed by atoms with Gasteiger partial charge in [-0.15, -0.1) is 0 Å². The average Bonchev–Trinajstić information content (AvgIpc) is 3.36. The molecule has 0 unspecified atom stereocenters. The molecule has 0 saturated carbocycles. The Hall–Kier alpha value is -3.66. The minimum absolute atomic E-state index is 0.653. The van der Waals surface area contributed by atoms with E-state index in [0.29, 0.717) is 0 Å². The van der Waals surface area contributed by atoms with Gasteiger partial charge in [0, 0.05) is 26.5 Å². The Labute approximate surface area is 219 Å². The van der Waals surface area contributed by atoms with Gasteiger partial charge in [0.2, 0.25) is 0 Å². The van der Waals surface area contributed by atoms with Gasteiger partial charge in [-0.3, -0.25) is 0 Å². The van der Waals surface area contributed by atoms with Crippen LogP contribution in [0.3, 0.4) is 0 Å². The first kappa shape index (κ1) is 21.6. The van der Waals surface area contributed by atoms with Crippen LogP contribution in [0.2, 0.25) is 0 Å². The van der Waals surface area contributed by atoms with Crippen LogP contribution >= 0.6 is 23.5 Å². The van der Waals surface area contributed by atoms with Crippen molar-refractivity contribution in [1.82, 2.24) is 0 Å². The first-order valence-electron chi connectivity index (χ1n) is 12.0. The highest BCUT2D eigenvalue weighted by molar-refractivity contribution is 8.24. The summed E-state index contributed by atoms with van der Waals surface area (Å²) in [4.78, 5) is 2.68. The second-order valence-corrected chi connectivity index (χ2v) is 11.4. The Bertz CT molecular complexity index is 1590. The highest BCUT2D eigenvalue weighted by Gasteiger charge is 2.37. The molecule has 0 saturated heterocycles. The average molecular weight is 499 g/mol. The molecule has 1 nitrogen and oxygen atoms in total. The molecule has 0 amide bonds. The molecule has 0 atom stereocenters. The molecule has 0 aliphatic carbocycles. The van der Waals surface area contributed by atoms with Crippen molar-refractivity contribution in [3.63, 3.8) is 0 Å². The molecule has 2 aliphatic heterocycles. The lowest BCUT2D eigenvalue weighted by atomic mass is 9.83. The molecule has 0 spiro atoms. The van der Waals surface area contributed by atoms with Gasteiger partial charge in [-0.1, -0.05) is 115 Å². The molecule has 5 aromatic carbocycles. The summed E-state index contributed by atoms with van der Waals surface area (Å²) in [5.74, 6) is 0.904. The summed E-state index contributed by atoms with van der Waals surface area (Å²) in [7, 11) is 0. The molecule has 0 aromatic heterocycles. The monoisotopic (exact) mass is 498 g/mol. The number of rotatable bonds is 3.